The molecule has 0 unspecified atom stereocenters. The minimum Gasteiger partial charge on any atom is -0.469 e. The first-order valence-electron chi connectivity index (χ1n) is 5.60. The van der Waals surface area contributed by atoms with E-state index in [0.717, 1.165) is 4.31 Å². The number of ether oxygens (including phenoxy) is 1. The van der Waals surface area contributed by atoms with Crippen molar-refractivity contribution in [2.45, 2.75) is 17.9 Å². The molecule has 1 heterocycles. The molecule has 0 aromatic carbocycles. The molecule has 0 amide bonds. The molecule has 1 aromatic heterocycles. The highest BCUT2D eigenvalue weighted by atomic mass is 32.2. The number of nitrogen functional groups attached to an aromatic ring is 1. The van der Waals surface area contributed by atoms with Crippen LogP contribution < -0.4 is 5.73 Å². The van der Waals surface area contributed by atoms with Gasteiger partial charge in [-0.2, -0.15) is 4.31 Å². The Labute approximate surface area is 112 Å². The Hall–Kier alpha value is -1.61. The Kier molecular flexibility index (Phi) is 4.90. The van der Waals surface area contributed by atoms with Crippen molar-refractivity contribution >= 4 is 21.8 Å². The Morgan fingerprint density at radius 3 is 2.68 bits per heavy atom. The van der Waals surface area contributed by atoms with Crippen LogP contribution >= 0.6 is 0 Å². The number of methoxy groups -OCH3 is 1. The molecule has 0 aliphatic carbocycles. The molecule has 0 spiro atoms. The third-order valence-electron chi connectivity index (χ3n) is 2.65. The van der Waals surface area contributed by atoms with E-state index >= 15 is 0 Å². The van der Waals surface area contributed by atoms with E-state index in [9.17, 15) is 13.2 Å². The summed E-state index contributed by atoms with van der Waals surface area (Å²) in [5.74, 6) is -0.409. The SMILES string of the molecule is COC(=O)CCCN(C)S(=O)(=O)c1c(N)ncn1C. The topological polar surface area (TPSA) is 108 Å². The van der Waals surface area contributed by atoms with Crippen molar-refractivity contribution in [1.29, 1.82) is 0 Å². The van der Waals surface area contributed by atoms with E-state index < -0.39 is 10.0 Å². The third-order valence-corrected chi connectivity index (χ3v) is 4.63. The Balaban J connectivity index is 2.76. The number of rotatable bonds is 6. The molecule has 0 saturated carbocycles. The van der Waals surface area contributed by atoms with Crippen molar-refractivity contribution in [2.24, 2.45) is 7.05 Å². The van der Waals surface area contributed by atoms with Gasteiger partial charge in [0.1, 0.15) is 0 Å². The van der Waals surface area contributed by atoms with Crippen LogP contribution in [-0.2, 0) is 26.6 Å². The van der Waals surface area contributed by atoms with Gasteiger partial charge in [0.25, 0.3) is 10.0 Å². The summed E-state index contributed by atoms with van der Waals surface area (Å²) in [6, 6.07) is 0. The number of hydrogen-bond donors (Lipinski definition) is 1. The van der Waals surface area contributed by atoms with Gasteiger partial charge in [0.05, 0.1) is 13.4 Å². The van der Waals surface area contributed by atoms with Crippen molar-refractivity contribution in [2.75, 3.05) is 26.4 Å². The maximum atomic E-state index is 12.2. The first-order chi connectivity index (χ1) is 8.80. The fourth-order valence-corrected chi connectivity index (χ4v) is 2.96. The number of anilines is 1. The van der Waals surface area contributed by atoms with E-state index in [1.807, 2.05) is 0 Å². The fraction of sp³-hybridized carbons (Fsp3) is 0.600. The highest BCUT2D eigenvalue weighted by molar-refractivity contribution is 7.89. The van der Waals surface area contributed by atoms with Gasteiger partial charge >= 0.3 is 5.97 Å². The molecule has 9 heteroatoms. The van der Waals surface area contributed by atoms with Gasteiger partial charge in [0.15, 0.2) is 10.8 Å². The van der Waals surface area contributed by atoms with E-state index in [1.165, 1.54) is 25.1 Å². The predicted molar refractivity (Wildman–Crippen MR) is 68.7 cm³/mol. The minimum absolute atomic E-state index is 0.0395. The second-order valence-corrected chi connectivity index (χ2v) is 6.01. The molecule has 108 valence electrons. The molecule has 0 saturated heterocycles. The molecule has 0 aliphatic rings. The number of aryl methyl sites for hydroxylation is 1. The minimum atomic E-state index is -3.70. The molecule has 0 radical (unpaired) electrons. The highest BCUT2D eigenvalue weighted by Crippen LogP contribution is 2.19. The third kappa shape index (κ3) is 3.44. The number of hydrogen-bond acceptors (Lipinski definition) is 6. The van der Waals surface area contributed by atoms with Crippen LogP contribution in [0.3, 0.4) is 0 Å². The van der Waals surface area contributed by atoms with Crippen LogP contribution in [0, 0.1) is 0 Å². The van der Waals surface area contributed by atoms with Gasteiger partial charge in [-0.1, -0.05) is 0 Å². The first kappa shape index (κ1) is 15.4. The molecule has 0 bridgehead atoms. The van der Waals surface area contributed by atoms with E-state index in [4.69, 9.17) is 5.73 Å². The van der Waals surface area contributed by atoms with Crippen LogP contribution in [0.2, 0.25) is 0 Å². The van der Waals surface area contributed by atoms with Crippen molar-refractivity contribution < 1.29 is 17.9 Å². The standard InChI is InChI=1S/C10H18N4O4S/c1-13-7-12-9(11)10(13)19(16,17)14(2)6-4-5-8(15)18-3/h7H,4-6,11H2,1-3H3. The van der Waals surface area contributed by atoms with Gasteiger partial charge in [0.2, 0.25) is 0 Å². The van der Waals surface area contributed by atoms with Gasteiger partial charge in [-0.15, -0.1) is 0 Å². The lowest BCUT2D eigenvalue weighted by Crippen LogP contribution is -2.30. The summed E-state index contributed by atoms with van der Waals surface area (Å²) in [4.78, 5) is 14.7. The lowest BCUT2D eigenvalue weighted by molar-refractivity contribution is -0.140. The molecule has 1 rings (SSSR count). The van der Waals surface area contributed by atoms with Crippen LogP contribution in [0.1, 0.15) is 12.8 Å². The zero-order valence-corrected chi connectivity index (χ0v) is 12.0. The van der Waals surface area contributed by atoms with E-state index in [1.54, 1.807) is 7.05 Å². The smallest absolute Gasteiger partial charge is 0.305 e. The largest absolute Gasteiger partial charge is 0.469 e. The monoisotopic (exact) mass is 290 g/mol. The van der Waals surface area contributed by atoms with Crippen LogP contribution in [0.15, 0.2) is 11.4 Å². The number of imidazole rings is 1. The van der Waals surface area contributed by atoms with Gasteiger partial charge in [-0.3, -0.25) is 4.79 Å². The molecule has 0 fully saturated rings. The van der Waals surface area contributed by atoms with Crippen LogP contribution in [0.5, 0.6) is 0 Å². The maximum Gasteiger partial charge on any atom is 0.305 e. The number of nitrogens with zero attached hydrogens (tertiary/aromatic N) is 3. The zero-order valence-electron chi connectivity index (χ0n) is 11.2. The number of carbonyl (C=O) groups is 1. The number of esters is 1. The van der Waals surface area contributed by atoms with Crippen molar-refractivity contribution in [3.05, 3.63) is 6.33 Å². The lowest BCUT2D eigenvalue weighted by Gasteiger charge is -2.17. The average molecular weight is 290 g/mol. The molecule has 1 aromatic rings. The average Bonchev–Trinajstić information content (AvgIpc) is 2.68. The molecule has 8 nitrogen and oxygen atoms in total. The van der Waals surface area contributed by atoms with Crippen molar-refractivity contribution in [3.8, 4) is 0 Å². The van der Waals surface area contributed by atoms with Crippen molar-refractivity contribution in [1.82, 2.24) is 13.9 Å². The predicted octanol–water partition coefficient (Wildman–Crippen LogP) is -0.424. The molecular weight excluding hydrogens is 272 g/mol. The normalized spacial score (nSPS) is 11.8. The lowest BCUT2D eigenvalue weighted by atomic mass is 10.3. The van der Waals surface area contributed by atoms with Gasteiger partial charge in [-0.05, 0) is 6.42 Å². The Bertz CT molecular complexity index is 532. The second kappa shape index (κ2) is 6.02. The Morgan fingerprint density at radius 2 is 2.21 bits per heavy atom. The summed E-state index contributed by atoms with van der Waals surface area (Å²) < 4.78 is 31.5. The van der Waals surface area contributed by atoms with Crippen LogP contribution in [-0.4, -0.2) is 48.9 Å². The van der Waals surface area contributed by atoms with E-state index in [2.05, 4.69) is 9.72 Å². The summed E-state index contributed by atoms with van der Waals surface area (Å²) in [5.41, 5.74) is 5.55. The summed E-state index contributed by atoms with van der Waals surface area (Å²) in [6.45, 7) is 0.196. The van der Waals surface area contributed by atoms with Crippen molar-refractivity contribution in [3.63, 3.8) is 0 Å². The molecule has 0 atom stereocenters. The summed E-state index contributed by atoms with van der Waals surface area (Å²) in [7, 11) is 0.570. The second-order valence-electron chi connectivity index (χ2n) is 4.05. The Morgan fingerprint density at radius 1 is 1.58 bits per heavy atom. The summed E-state index contributed by atoms with van der Waals surface area (Å²) in [6.07, 6.45) is 1.88. The number of aromatic nitrogens is 2. The van der Waals surface area contributed by atoms with Gasteiger partial charge < -0.3 is 15.0 Å². The summed E-state index contributed by atoms with van der Waals surface area (Å²) in [5, 5.41) is -0.0481. The maximum absolute atomic E-state index is 12.2. The number of sulfonamides is 1. The van der Waals surface area contributed by atoms with Crippen LogP contribution in [0.25, 0.3) is 0 Å². The van der Waals surface area contributed by atoms with Gasteiger partial charge in [0, 0.05) is 27.1 Å². The first-order valence-corrected chi connectivity index (χ1v) is 7.04. The van der Waals surface area contributed by atoms with Crippen LogP contribution in [0.4, 0.5) is 5.82 Å². The molecular formula is C10H18N4O4S. The molecule has 19 heavy (non-hydrogen) atoms. The molecule has 2 N–H and O–H groups in total. The van der Waals surface area contributed by atoms with E-state index in [-0.39, 0.29) is 29.8 Å². The summed E-state index contributed by atoms with van der Waals surface area (Å²) >= 11 is 0. The fourth-order valence-electron chi connectivity index (χ4n) is 1.57. The quantitative estimate of drug-likeness (QED) is 0.713. The zero-order chi connectivity index (χ0) is 14.6. The number of carbonyl (C=O) groups excluding carboxylic acids is 1. The van der Waals surface area contributed by atoms with E-state index in [0.29, 0.717) is 6.42 Å². The van der Waals surface area contributed by atoms with Gasteiger partial charge in [-0.25, -0.2) is 13.4 Å². The molecule has 0 aliphatic heterocycles. The highest BCUT2D eigenvalue weighted by Gasteiger charge is 2.27. The number of nitrogens with two attached hydrogens (primary N) is 1.